The predicted molar refractivity (Wildman–Crippen MR) is 156 cm³/mol. The van der Waals surface area contributed by atoms with Crippen molar-refractivity contribution < 1.29 is 4.74 Å². The topological polar surface area (TPSA) is 65.6 Å². The van der Waals surface area contributed by atoms with Crippen LogP contribution in [-0.4, -0.2) is 60.5 Å². The number of morpholine rings is 1. The number of halogens is 1. The van der Waals surface area contributed by atoms with Crippen LogP contribution in [0.3, 0.4) is 0 Å². The normalized spacial score (nSPS) is 21.9. The fourth-order valence-electron chi connectivity index (χ4n) is 6.01. The molecule has 2 saturated heterocycles. The second kappa shape index (κ2) is 12.1. The highest BCUT2D eigenvalue weighted by Crippen LogP contribution is 2.39. The average Bonchev–Trinajstić information content (AvgIpc) is 2.93. The minimum absolute atomic E-state index is 0.0550. The SMILES string of the molecule is CC1CCCCN1c1cc(N2CCOCC2)nc(NC(=S)NCC2(c3ccc(Cl)cc3)CCCCC2)n1. The summed E-state index contributed by atoms with van der Waals surface area (Å²) in [6.45, 7) is 7.18. The number of ether oxygens (including phenoxy) is 1. The van der Waals surface area contributed by atoms with E-state index in [4.69, 9.17) is 38.5 Å². The molecule has 0 amide bonds. The van der Waals surface area contributed by atoms with Crippen LogP contribution in [0.25, 0.3) is 0 Å². The molecule has 37 heavy (non-hydrogen) atoms. The zero-order chi connectivity index (χ0) is 25.7. The van der Waals surface area contributed by atoms with Crippen molar-refractivity contribution in [2.45, 2.75) is 69.7 Å². The van der Waals surface area contributed by atoms with Gasteiger partial charge in [-0.1, -0.05) is 43.0 Å². The lowest BCUT2D eigenvalue weighted by Gasteiger charge is -2.38. The minimum Gasteiger partial charge on any atom is -0.378 e. The molecule has 1 unspecified atom stereocenters. The summed E-state index contributed by atoms with van der Waals surface area (Å²) in [5.74, 6) is 2.46. The highest BCUT2D eigenvalue weighted by atomic mass is 35.5. The van der Waals surface area contributed by atoms with Crippen molar-refractivity contribution in [1.82, 2.24) is 15.3 Å². The van der Waals surface area contributed by atoms with Gasteiger partial charge in [0.05, 0.1) is 13.2 Å². The molecule has 1 saturated carbocycles. The van der Waals surface area contributed by atoms with Crippen molar-refractivity contribution >= 4 is 46.5 Å². The summed E-state index contributed by atoms with van der Waals surface area (Å²) in [4.78, 5) is 14.5. The van der Waals surface area contributed by atoms with Gasteiger partial charge in [-0.2, -0.15) is 9.97 Å². The Morgan fingerprint density at radius 2 is 1.76 bits per heavy atom. The number of hydrogen-bond donors (Lipinski definition) is 2. The third-order valence-corrected chi connectivity index (χ3v) is 8.71. The molecule has 3 fully saturated rings. The smallest absolute Gasteiger partial charge is 0.232 e. The van der Waals surface area contributed by atoms with E-state index in [1.165, 1.54) is 44.1 Å². The Bertz CT molecular complexity index is 1060. The van der Waals surface area contributed by atoms with Crippen LogP contribution < -0.4 is 20.4 Å². The van der Waals surface area contributed by atoms with Crippen molar-refractivity contribution in [1.29, 1.82) is 0 Å². The fraction of sp³-hybridized carbons (Fsp3) is 0.607. The summed E-state index contributed by atoms with van der Waals surface area (Å²) >= 11 is 12.0. The van der Waals surface area contributed by atoms with Crippen LogP contribution in [0.5, 0.6) is 0 Å². The van der Waals surface area contributed by atoms with E-state index in [-0.39, 0.29) is 5.41 Å². The zero-order valence-corrected chi connectivity index (χ0v) is 23.4. The Kier molecular flexibility index (Phi) is 8.67. The van der Waals surface area contributed by atoms with Gasteiger partial charge >= 0.3 is 0 Å². The molecule has 0 spiro atoms. The summed E-state index contributed by atoms with van der Waals surface area (Å²) in [5.41, 5.74) is 1.39. The van der Waals surface area contributed by atoms with E-state index in [1.807, 2.05) is 12.1 Å². The van der Waals surface area contributed by atoms with Gasteiger partial charge in [0.15, 0.2) is 5.11 Å². The van der Waals surface area contributed by atoms with Crippen LogP contribution in [0.15, 0.2) is 30.3 Å². The van der Waals surface area contributed by atoms with E-state index in [0.717, 1.165) is 68.9 Å². The number of rotatable bonds is 6. The maximum Gasteiger partial charge on any atom is 0.232 e. The molecule has 1 atom stereocenters. The first-order chi connectivity index (χ1) is 18.0. The number of anilines is 3. The number of thiocarbonyl (C=S) groups is 1. The molecular weight excluding hydrogens is 504 g/mol. The quantitative estimate of drug-likeness (QED) is 0.462. The van der Waals surface area contributed by atoms with Crippen LogP contribution in [0, 0.1) is 0 Å². The third kappa shape index (κ3) is 6.47. The Hall–Kier alpha value is -2.16. The van der Waals surface area contributed by atoms with Crippen LogP contribution in [0.4, 0.5) is 17.6 Å². The first kappa shape index (κ1) is 26.4. The lowest BCUT2D eigenvalue weighted by molar-refractivity contribution is 0.122. The molecule has 200 valence electrons. The van der Waals surface area contributed by atoms with Crippen LogP contribution in [-0.2, 0) is 10.2 Å². The highest BCUT2D eigenvalue weighted by molar-refractivity contribution is 7.80. The fourth-order valence-corrected chi connectivity index (χ4v) is 6.30. The first-order valence-corrected chi connectivity index (χ1v) is 14.6. The Labute approximate surface area is 231 Å². The number of piperidine rings is 1. The minimum atomic E-state index is 0.0550. The maximum atomic E-state index is 6.19. The van der Waals surface area contributed by atoms with E-state index >= 15 is 0 Å². The predicted octanol–water partition coefficient (Wildman–Crippen LogP) is 5.53. The van der Waals surface area contributed by atoms with Gasteiger partial charge in [0.1, 0.15) is 11.6 Å². The monoisotopic (exact) mass is 542 g/mol. The molecule has 2 aromatic rings. The van der Waals surface area contributed by atoms with E-state index in [9.17, 15) is 0 Å². The van der Waals surface area contributed by atoms with Gasteiger partial charge < -0.3 is 25.2 Å². The number of nitrogens with zero attached hydrogens (tertiary/aromatic N) is 4. The van der Waals surface area contributed by atoms with Crippen molar-refractivity contribution in [2.24, 2.45) is 0 Å². The maximum absolute atomic E-state index is 6.19. The second-order valence-corrected chi connectivity index (χ2v) is 11.5. The number of nitrogens with one attached hydrogen (secondary N) is 2. The lowest BCUT2D eigenvalue weighted by Crippen LogP contribution is -2.44. The zero-order valence-electron chi connectivity index (χ0n) is 21.8. The Morgan fingerprint density at radius 1 is 1.03 bits per heavy atom. The van der Waals surface area contributed by atoms with Gasteiger partial charge in [-0.3, -0.25) is 0 Å². The Balaban J connectivity index is 1.33. The molecule has 1 aromatic heterocycles. The summed E-state index contributed by atoms with van der Waals surface area (Å²) in [6, 6.07) is 10.9. The van der Waals surface area contributed by atoms with Crippen molar-refractivity contribution in [2.75, 3.05) is 54.5 Å². The van der Waals surface area contributed by atoms with Crippen LogP contribution in [0.1, 0.15) is 63.9 Å². The van der Waals surface area contributed by atoms with E-state index in [0.29, 0.717) is 17.1 Å². The highest BCUT2D eigenvalue weighted by Gasteiger charge is 2.34. The molecule has 1 aliphatic carbocycles. The molecule has 3 heterocycles. The van der Waals surface area contributed by atoms with Crippen LogP contribution >= 0.6 is 23.8 Å². The number of hydrogen-bond acceptors (Lipinski definition) is 6. The third-order valence-electron chi connectivity index (χ3n) is 8.21. The van der Waals surface area contributed by atoms with E-state index in [1.54, 1.807) is 0 Å². The first-order valence-electron chi connectivity index (χ1n) is 13.8. The van der Waals surface area contributed by atoms with Gasteiger partial charge in [-0.25, -0.2) is 0 Å². The number of aromatic nitrogens is 2. The van der Waals surface area contributed by atoms with Gasteiger partial charge in [0.25, 0.3) is 0 Å². The van der Waals surface area contributed by atoms with E-state index in [2.05, 4.69) is 45.6 Å². The molecular formula is C28H39ClN6OS. The molecule has 2 aliphatic heterocycles. The largest absolute Gasteiger partial charge is 0.378 e. The van der Waals surface area contributed by atoms with Gasteiger partial charge in [0.2, 0.25) is 5.95 Å². The molecule has 1 aromatic carbocycles. The summed E-state index contributed by atoms with van der Waals surface area (Å²) < 4.78 is 5.57. The molecule has 9 heteroatoms. The standard InChI is InChI=1S/C28H39ClN6OS/c1-21-7-3-6-14-35(21)25-19-24(34-15-17-36-18-16-34)31-26(32-25)33-27(37)30-20-28(12-4-2-5-13-28)22-8-10-23(29)11-9-22/h8-11,19,21H,2-7,12-18,20H2,1H3,(H2,30,31,32,33,37). The van der Waals surface area contributed by atoms with Gasteiger partial charge in [-0.15, -0.1) is 0 Å². The van der Waals surface area contributed by atoms with E-state index < -0.39 is 0 Å². The van der Waals surface area contributed by atoms with Crippen molar-refractivity contribution in [3.63, 3.8) is 0 Å². The lowest BCUT2D eigenvalue weighted by atomic mass is 9.69. The molecule has 0 bridgehead atoms. The van der Waals surface area contributed by atoms with Crippen molar-refractivity contribution in [3.05, 3.63) is 40.9 Å². The number of benzene rings is 1. The second-order valence-electron chi connectivity index (χ2n) is 10.7. The molecule has 0 radical (unpaired) electrons. The molecule has 2 N–H and O–H groups in total. The van der Waals surface area contributed by atoms with Gasteiger partial charge in [-0.05, 0) is 68.9 Å². The summed E-state index contributed by atoms with van der Waals surface area (Å²) in [6.07, 6.45) is 9.68. The Morgan fingerprint density at radius 3 is 2.49 bits per heavy atom. The average molecular weight is 543 g/mol. The molecule has 5 rings (SSSR count). The molecule has 3 aliphatic rings. The van der Waals surface area contributed by atoms with Gasteiger partial charge in [0, 0.05) is 48.7 Å². The summed E-state index contributed by atoms with van der Waals surface area (Å²) in [5, 5.41) is 8.19. The summed E-state index contributed by atoms with van der Waals surface area (Å²) in [7, 11) is 0. The van der Waals surface area contributed by atoms with Crippen molar-refractivity contribution in [3.8, 4) is 0 Å². The van der Waals surface area contributed by atoms with Crippen LogP contribution in [0.2, 0.25) is 5.02 Å². The molecule has 7 nitrogen and oxygen atoms in total.